The summed E-state index contributed by atoms with van der Waals surface area (Å²) in [6.45, 7) is 5.09. The predicted molar refractivity (Wildman–Crippen MR) is 65.0 cm³/mol. The second kappa shape index (κ2) is 5.14. The average Bonchev–Trinajstić information content (AvgIpc) is 2.26. The van der Waals surface area contributed by atoms with Crippen molar-refractivity contribution in [1.82, 2.24) is 0 Å². The van der Waals surface area contributed by atoms with Gasteiger partial charge in [0.25, 0.3) is 0 Å². The van der Waals surface area contributed by atoms with Gasteiger partial charge < -0.3 is 5.11 Å². The Morgan fingerprint density at radius 3 is 2.65 bits per heavy atom. The minimum absolute atomic E-state index is 0.0182. The second-order valence-corrected chi connectivity index (χ2v) is 5.79. The number of carboxylic acids is 1. The van der Waals surface area contributed by atoms with E-state index < -0.39 is 15.8 Å². The fourth-order valence-electron chi connectivity index (χ4n) is 1.38. The zero-order chi connectivity index (χ0) is 13.1. The minimum Gasteiger partial charge on any atom is -0.478 e. The van der Waals surface area contributed by atoms with Crippen molar-refractivity contribution in [3.8, 4) is 0 Å². The Hall–Kier alpha value is -1.62. The molecule has 1 aromatic carbocycles. The van der Waals surface area contributed by atoms with Crippen molar-refractivity contribution in [2.75, 3.05) is 5.75 Å². The smallest absolute Gasteiger partial charge is 0.335 e. The third-order valence-electron chi connectivity index (χ3n) is 2.39. The van der Waals surface area contributed by atoms with Crippen LogP contribution in [0.5, 0.6) is 0 Å². The maximum absolute atomic E-state index is 11.8. The van der Waals surface area contributed by atoms with Gasteiger partial charge in [0.05, 0.1) is 16.2 Å². The third-order valence-corrected chi connectivity index (χ3v) is 4.13. The normalized spacial score (nSPS) is 11.1. The van der Waals surface area contributed by atoms with Crippen LogP contribution in [0.15, 0.2) is 35.7 Å². The fourth-order valence-corrected chi connectivity index (χ4v) is 2.67. The van der Waals surface area contributed by atoms with Crippen LogP contribution in [0, 0.1) is 6.92 Å². The summed E-state index contributed by atoms with van der Waals surface area (Å²) in [4.78, 5) is 10.9. The molecule has 0 fully saturated rings. The number of allylic oxidation sites excluding steroid dienone is 1. The average molecular weight is 254 g/mol. The van der Waals surface area contributed by atoms with Crippen LogP contribution < -0.4 is 0 Å². The molecule has 0 aliphatic heterocycles. The summed E-state index contributed by atoms with van der Waals surface area (Å²) in [6, 6.07) is 4.14. The van der Waals surface area contributed by atoms with Crippen LogP contribution in [0.25, 0.3) is 0 Å². The molecule has 0 spiro atoms. The maximum Gasteiger partial charge on any atom is 0.335 e. The molecule has 0 atom stereocenters. The van der Waals surface area contributed by atoms with Gasteiger partial charge in [-0.3, -0.25) is 0 Å². The molecule has 0 bridgehead atoms. The number of sulfone groups is 1. The van der Waals surface area contributed by atoms with Gasteiger partial charge >= 0.3 is 5.97 Å². The van der Waals surface area contributed by atoms with Crippen LogP contribution in [-0.4, -0.2) is 25.2 Å². The van der Waals surface area contributed by atoms with E-state index in [1.165, 1.54) is 24.3 Å². The van der Waals surface area contributed by atoms with Gasteiger partial charge in [-0.25, -0.2) is 13.2 Å². The molecule has 0 radical (unpaired) electrons. The van der Waals surface area contributed by atoms with Gasteiger partial charge in [0.2, 0.25) is 0 Å². The number of carbonyl (C=O) groups is 1. The lowest BCUT2D eigenvalue weighted by molar-refractivity contribution is 0.0696. The van der Waals surface area contributed by atoms with Gasteiger partial charge in [-0.1, -0.05) is 12.1 Å². The first-order valence-electron chi connectivity index (χ1n) is 5.06. The molecule has 0 heterocycles. The zero-order valence-corrected chi connectivity index (χ0v) is 10.3. The van der Waals surface area contributed by atoms with Crippen molar-refractivity contribution >= 4 is 15.8 Å². The number of carboxylic acid groups (broad SMARTS) is 1. The van der Waals surface area contributed by atoms with Gasteiger partial charge in [-0.05, 0) is 31.0 Å². The van der Waals surface area contributed by atoms with Crippen molar-refractivity contribution in [1.29, 1.82) is 0 Å². The first-order chi connectivity index (χ1) is 7.88. The van der Waals surface area contributed by atoms with E-state index in [-0.39, 0.29) is 16.2 Å². The van der Waals surface area contributed by atoms with E-state index in [0.29, 0.717) is 12.0 Å². The van der Waals surface area contributed by atoms with Crippen molar-refractivity contribution in [3.63, 3.8) is 0 Å². The van der Waals surface area contributed by atoms with E-state index in [9.17, 15) is 13.2 Å². The zero-order valence-electron chi connectivity index (χ0n) is 9.51. The highest BCUT2D eigenvalue weighted by atomic mass is 32.2. The summed E-state index contributed by atoms with van der Waals surface area (Å²) in [7, 11) is -3.43. The summed E-state index contributed by atoms with van der Waals surface area (Å²) >= 11 is 0. The Kier molecular flexibility index (Phi) is 4.07. The summed E-state index contributed by atoms with van der Waals surface area (Å²) in [5.41, 5.74) is 0.560. The Balaban J connectivity index is 3.20. The molecule has 0 aromatic heterocycles. The number of hydrogen-bond acceptors (Lipinski definition) is 3. The van der Waals surface area contributed by atoms with Gasteiger partial charge in [0.15, 0.2) is 9.84 Å². The standard InChI is InChI=1S/C12H14O4S/c1-3-4-7-17(15,16)10-6-5-9(2)11(8-10)12(13)14/h3,5-6,8H,1,4,7H2,2H3,(H,13,14). The molecular weight excluding hydrogens is 240 g/mol. The number of aromatic carboxylic acids is 1. The van der Waals surface area contributed by atoms with E-state index in [0.717, 1.165) is 0 Å². The molecule has 4 nitrogen and oxygen atoms in total. The van der Waals surface area contributed by atoms with Gasteiger partial charge in [0, 0.05) is 0 Å². The molecule has 0 amide bonds. The summed E-state index contributed by atoms with van der Waals surface area (Å²) in [5, 5.41) is 8.92. The summed E-state index contributed by atoms with van der Waals surface area (Å²) in [5.74, 6) is -1.18. The molecule has 0 aliphatic rings. The van der Waals surface area contributed by atoms with Gasteiger partial charge in [0.1, 0.15) is 0 Å². The lowest BCUT2D eigenvalue weighted by Gasteiger charge is -2.06. The highest BCUT2D eigenvalue weighted by Crippen LogP contribution is 2.17. The van der Waals surface area contributed by atoms with Crippen LogP contribution in [0.2, 0.25) is 0 Å². The van der Waals surface area contributed by atoms with E-state index in [1.54, 1.807) is 6.92 Å². The molecule has 1 N–H and O–H groups in total. The molecule has 0 aliphatic carbocycles. The molecule has 0 unspecified atom stereocenters. The first-order valence-corrected chi connectivity index (χ1v) is 6.71. The fraction of sp³-hybridized carbons (Fsp3) is 0.250. The van der Waals surface area contributed by atoms with Crippen molar-refractivity contribution in [3.05, 3.63) is 42.0 Å². The van der Waals surface area contributed by atoms with E-state index >= 15 is 0 Å². The van der Waals surface area contributed by atoms with Crippen molar-refractivity contribution in [2.24, 2.45) is 0 Å². The van der Waals surface area contributed by atoms with Crippen molar-refractivity contribution in [2.45, 2.75) is 18.2 Å². The van der Waals surface area contributed by atoms with Gasteiger partial charge in [-0.2, -0.15) is 0 Å². The molecule has 17 heavy (non-hydrogen) atoms. The van der Waals surface area contributed by atoms with Crippen LogP contribution in [-0.2, 0) is 9.84 Å². The minimum atomic E-state index is -3.43. The van der Waals surface area contributed by atoms with Crippen LogP contribution in [0.4, 0.5) is 0 Å². The summed E-state index contributed by atoms with van der Waals surface area (Å²) < 4.78 is 23.7. The van der Waals surface area contributed by atoms with E-state index in [2.05, 4.69) is 6.58 Å². The van der Waals surface area contributed by atoms with Crippen LogP contribution >= 0.6 is 0 Å². The van der Waals surface area contributed by atoms with E-state index in [4.69, 9.17) is 5.11 Å². The quantitative estimate of drug-likeness (QED) is 0.816. The van der Waals surface area contributed by atoms with Crippen molar-refractivity contribution < 1.29 is 18.3 Å². The third kappa shape index (κ3) is 3.17. The SMILES string of the molecule is C=CCCS(=O)(=O)c1ccc(C)c(C(=O)O)c1. The highest BCUT2D eigenvalue weighted by Gasteiger charge is 2.16. The molecule has 1 aromatic rings. The number of rotatable bonds is 5. The van der Waals surface area contributed by atoms with Gasteiger partial charge in [-0.15, -0.1) is 6.58 Å². The summed E-state index contributed by atoms with van der Waals surface area (Å²) in [6.07, 6.45) is 1.86. The monoisotopic (exact) mass is 254 g/mol. The second-order valence-electron chi connectivity index (χ2n) is 3.68. The largest absolute Gasteiger partial charge is 0.478 e. The molecule has 5 heteroatoms. The molecule has 0 saturated carbocycles. The molecular formula is C12H14O4S. The Bertz CT molecular complexity index is 544. The molecule has 92 valence electrons. The number of aryl methyl sites for hydroxylation is 1. The lowest BCUT2D eigenvalue weighted by Crippen LogP contribution is -2.08. The van der Waals surface area contributed by atoms with Crippen LogP contribution in [0.1, 0.15) is 22.3 Å². The maximum atomic E-state index is 11.8. The lowest BCUT2D eigenvalue weighted by atomic mass is 10.1. The number of benzene rings is 1. The Labute approximate surface area is 101 Å². The predicted octanol–water partition coefficient (Wildman–Crippen LogP) is 2.04. The van der Waals surface area contributed by atoms with Crippen LogP contribution in [0.3, 0.4) is 0 Å². The first kappa shape index (κ1) is 13.4. The number of hydrogen-bond donors (Lipinski definition) is 1. The van der Waals surface area contributed by atoms with E-state index in [1.807, 2.05) is 0 Å². The Morgan fingerprint density at radius 2 is 2.12 bits per heavy atom. The topological polar surface area (TPSA) is 71.4 Å². The Morgan fingerprint density at radius 1 is 1.47 bits per heavy atom. The highest BCUT2D eigenvalue weighted by molar-refractivity contribution is 7.91. The molecule has 0 saturated heterocycles. The molecule has 1 rings (SSSR count).